The highest BCUT2D eigenvalue weighted by Crippen LogP contribution is 2.06. The Morgan fingerprint density at radius 1 is 1.56 bits per heavy atom. The summed E-state index contributed by atoms with van der Waals surface area (Å²) in [5.74, 6) is -0.0327. The third-order valence-electron chi connectivity index (χ3n) is 2.49. The van der Waals surface area contributed by atoms with Crippen LogP contribution in [0.3, 0.4) is 0 Å². The van der Waals surface area contributed by atoms with Gasteiger partial charge in [0.15, 0.2) is 0 Å². The van der Waals surface area contributed by atoms with Crippen molar-refractivity contribution in [2.45, 2.75) is 12.8 Å². The average Bonchev–Trinajstić information content (AvgIpc) is 2.90. The van der Waals surface area contributed by atoms with Gasteiger partial charge in [-0.2, -0.15) is 5.10 Å². The van der Waals surface area contributed by atoms with Crippen molar-refractivity contribution in [3.63, 3.8) is 0 Å². The zero-order valence-electron chi connectivity index (χ0n) is 9.06. The van der Waals surface area contributed by atoms with Crippen LogP contribution in [0, 0.1) is 0 Å². The van der Waals surface area contributed by atoms with E-state index in [4.69, 9.17) is 0 Å². The van der Waals surface area contributed by atoms with Crippen LogP contribution in [0.15, 0.2) is 22.6 Å². The summed E-state index contributed by atoms with van der Waals surface area (Å²) >= 11 is 1.60. The molecule has 0 spiro atoms. The highest BCUT2D eigenvalue weighted by molar-refractivity contribution is 7.11. The summed E-state index contributed by atoms with van der Waals surface area (Å²) in [6, 6.07) is 3.92. The van der Waals surface area contributed by atoms with Gasteiger partial charge < -0.3 is 0 Å². The lowest BCUT2D eigenvalue weighted by Crippen LogP contribution is -2.33. The Morgan fingerprint density at radius 2 is 2.38 bits per heavy atom. The van der Waals surface area contributed by atoms with E-state index in [1.54, 1.807) is 17.6 Å². The van der Waals surface area contributed by atoms with Crippen LogP contribution in [-0.4, -0.2) is 36.7 Å². The van der Waals surface area contributed by atoms with E-state index in [9.17, 15) is 4.79 Å². The molecule has 0 aromatic carbocycles. The molecule has 2 rings (SSSR count). The van der Waals surface area contributed by atoms with E-state index >= 15 is 0 Å². The maximum absolute atomic E-state index is 11.5. The Morgan fingerprint density at radius 3 is 3.06 bits per heavy atom. The number of likely N-dealkylation sites (tertiary alicyclic amines) is 1. The minimum Gasteiger partial charge on any atom is -0.294 e. The van der Waals surface area contributed by atoms with Gasteiger partial charge in [0.2, 0.25) is 0 Å². The molecule has 86 valence electrons. The predicted octanol–water partition coefficient (Wildman–Crippen LogP) is 1.29. The summed E-state index contributed by atoms with van der Waals surface area (Å²) < 4.78 is 0. The van der Waals surface area contributed by atoms with Gasteiger partial charge in [0.05, 0.1) is 12.8 Å². The molecular formula is C11H15N3OS. The smallest absolute Gasteiger partial charge is 0.254 e. The van der Waals surface area contributed by atoms with Gasteiger partial charge in [0.1, 0.15) is 0 Å². The fourth-order valence-corrected chi connectivity index (χ4v) is 2.30. The molecule has 2 heterocycles. The number of thiophene rings is 1. The van der Waals surface area contributed by atoms with Crippen LogP contribution in [0.2, 0.25) is 0 Å². The minimum absolute atomic E-state index is 0.0327. The second kappa shape index (κ2) is 5.77. The summed E-state index contributed by atoms with van der Waals surface area (Å²) in [6.45, 7) is 2.52. The second-order valence-corrected chi connectivity index (χ2v) is 4.77. The number of rotatable bonds is 4. The second-order valence-electron chi connectivity index (χ2n) is 3.79. The van der Waals surface area contributed by atoms with Crippen molar-refractivity contribution in [2.24, 2.45) is 5.10 Å². The normalized spacial score (nSPS) is 17.0. The molecule has 1 aromatic rings. The third-order valence-corrected chi connectivity index (χ3v) is 3.30. The Balaban J connectivity index is 1.71. The molecule has 0 unspecified atom stereocenters. The number of hydrogen-bond acceptors (Lipinski definition) is 4. The summed E-state index contributed by atoms with van der Waals surface area (Å²) in [4.78, 5) is 14.7. The minimum atomic E-state index is -0.0327. The van der Waals surface area contributed by atoms with Gasteiger partial charge in [-0.3, -0.25) is 9.69 Å². The van der Waals surface area contributed by atoms with Gasteiger partial charge in [-0.05, 0) is 37.4 Å². The quantitative estimate of drug-likeness (QED) is 0.633. The monoisotopic (exact) mass is 237 g/mol. The van der Waals surface area contributed by atoms with E-state index in [0.29, 0.717) is 6.54 Å². The Kier molecular flexibility index (Phi) is 4.07. The summed E-state index contributed by atoms with van der Waals surface area (Å²) in [7, 11) is 0. The molecule has 1 aliphatic rings. The molecule has 4 nitrogen and oxygen atoms in total. The Bertz CT molecular complexity index is 355. The van der Waals surface area contributed by atoms with Crippen LogP contribution in [0.25, 0.3) is 0 Å². The van der Waals surface area contributed by atoms with Crippen molar-refractivity contribution in [1.29, 1.82) is 0 Å². The van der Waals surface area contributed by atoms with Crippen LogP contribution < -0.4 is 5.43 Å². The van der Waals surface area contributed by atoms with Crippen molar-refractivity contribution in [3.8, 4) is 0 Å². The average molecular weight is 237 g/mol. The number of carbonyl (C=O) groups is 1. The van der Waals surface area contributed by atoms with Crippen molar-refractivity contribution in [2.75, 3.05) is 19.6 Å². The maximum Gasteiger partial charge on any atom is 0.254 e. The Labute approximate surface area is 99.0 Å². The first-order valence-electron chi connectivity index (χ1n) is 5.42. The first-order valence-corrected chi connectivity index (χ1v) is 6.30. The van der Waals surface area contributed by atoms with E-state index in [2.05, 4.69) is 15.4 Å². The maximum atomic E-state index is 11.5. The molecule has 0 saturated carbocycles. The van der Waals surface area contributed by atoms with E-state index in [0.717, 1.165) is 18.0 Å². The molecule has 0 radical (unpaired) electrons. The lowest BCUT2D eigenvalue weighted by Gasteiger charge is -2.11. The molecule has 1 saturated heterocycles. The van der Waals surface area contributed by atoms with Crippen molar-refractivity contribution >= 4 is 23.5 Å². The van der Waals surface area contributed by atoms with Gasteiger partial charge >= 0.3 is 0 Å². The molecule has 1 aromatic heterocycles. The molecule has 16 heavy (non-hydrogen) atoms. The van der Waals surface area contributed by atoms with Crippen molar-refractivity contribution < 1.29 is 4.79 Å². The standard InChI is InChI=1S/C11H15N3OS/c15-11(9-14-5-1-2-6-14)13-12-8-10-4-3-7-16-10/h3-4,7-8H,1-2,5-6,9H2,(H,13,15)/b12-8-. The number of carbonyl (C=O) groups excluding carboxylic acids is 1. The number of hydrazone groups is 1. The summed E-state index contributed by atoms with van der Waals surface area (Å²) in [5.41, 5.74) is 2.54. The van der Waals surface area contributed by atoms with Crippen LogP contribution in [0.5, 0.6) is 0 Å². The summed E-state index contributed by atoms with van der Waals surface area (Å²) in [6.07, 6.45) is 4.07. The fourth-order valence-electron chi connectivity index (χ4n) is 1.71. The first-order chi connectivity index (χ1) is 7.84. The molecular weight excluding hydrogens is 222 g/mol. The molecule has 1 amide bonds. The molecule has 0 aliphatic carbocycles. The molecule has 1 N–H and O–H groups in total. The van der Waals surface area contributed by atoms with Crippen LogP contribution in [-0.2, 0) is 4.79 Å². The lowest BCUT2D eigenvalue weighted by molar-refractivity contribution is -0.121. The van der Waals surface area contributed by atoms with Crippen LogP contribution >= 0.6 is 11.3 Å². The topological polar surface area (TPSA) is 44.7 Å². The van der Waals surface area contributed by atoms with Gasteiger partial charge in [-0.1, -0.05) is 6.07 Å². The van der Waals surface area contributed by atoms with E-state index in [1.807, 2.05) is 17.5 Å². The molecule has 1 fully saturated rings. The zero-order valence-corrected chi connectivity index (χ0v) is 9.87. The number of hydrogen-bond donors (Lipinski definition) is 1. The first kappa shape index (κ1) is 11.3. The number of nitrogens with zero attached hydrogens (tertiary/aromatic N) is 2. The van der Waals surface area contributed by atoms with Gasteiger partial charge in [-0.15, -0.1) is 11.3 Å². The number of amides is 1. The van der Waals surface area contributed by atoms with Crippen LogP contribution in [0.1, 0.15) is 17.7 Å². The Hall–Kier alpha value is -1.20. The van der Waals surface area contributed by atoms with Gasteiger partial charge in [0, 0.05) is 4.88 Å². The molecule has 1 aliphatic heterocycles. The van der Waals surface area contributed by atoms with Crippen LogP contribution in [0.4, 0.5) is 0 Å². The molecule has 0 bridgehead atoms. The zero-order chi connectivity index (χ0) is 11.2. The van der Waals surface area contributed by atoms with Gasteiger partial charge in [0.25, 0.3) is 5.91 Å². The largest absolute Gasteiger partial charge is 0.294 e. The predicted molar refractivity (Wildman–Crippen MR) is 65.7 cm³/mol. The SMILES string of the molecule is O=C(CN1CCCC1)N/N=C\c1cccs1. The summed E-state index contributed by atoms with van der Waals surface area (Å²) in [5, 5.41) is 5.89. The van der Waals surface area contributed by atoms with E-state index in [-0.39, 0.29) is 5.91 Å². The van der Waals surface area contributed by atoms with Gasteiger partial charge in [-0.25, -0.2) is 5.43 Å². The fraction of sp³-hybridized carbons (Fsp3) is 0.455. The van der Waals surface area contributed by atoms with Crippen molar-refractivity contribution in [1.82, 2.24) is 10.3 Å². The van der Waals surface area contributed by atoms with Crippen molar-refractivity contribution in [3.05, 3.63) is 22.4 Å². The van der Waals surface area contributed by atoms with E-state index < -0.39 is 0 Å². The highest BCUT2D eigenvalue weighted by Gasteiger charge is 2.14. The molecule has 0 atom stereocenters. The lowest BCUT2D eigenvalue weighted by atomic mass is 10.4. The highest BCUT2D eigenvalue weighted by atomic mass is 32.1. The van der Waals surface area contributed by atoms with E-state index in [1.165, 1.54) is 12.8 Å². The number of nitrogens with one attached hydrogen (secondary N) is 1. The third kappa shape index (κ3) is 3.43. The molecule has 5 heteroatoms.